The minimum absolute atomic E-state index is 0.0340. The number of nitrogens with one attached hydrogen (secondary N) is 2. The molecule has 2 aromatic rings. The van der Waals surface area contributed by atoms with Crippen LogP contribution in [0.25, 0.3) is 0 Å². The third-order valence-corrected chi connectivity index (χ3v) is 7.04. The monoisotopic (exact) mass is 497 g/mol. The maximum atomic E-state index is 13.5. The molecule has 1 saturated heterocycles. The molecule has 2 N–H and O–H groups in total. The third-order valence-electron chi connectivity index (χ3n) is 4.89. The molecule has 0 aliphatic carbocycles. The Morgan fingerprint density at radius 1 is 1.33 bits per heavy atom. The number of nitriles is 1. The fourth-order valence-electron chi connectivity index (χ4n) is 3.16. The summed E-state index contributed by atoms with van der Waals surface area (Å²) in [6.07, 6.45) is -0.311. The largest absolute Gasteiger partial charge is 0.342 e. The van der Waals surface area contributed by atoms with Gasteiger partial charge in [-0.05, 0) is 24.6 Å². The molecule has 0 radical (unpaired) electrons. The number of likely N-dealkylation sites (tertiary alicyclic amines) is 1. The second-order valence-electron chi connectivity index (χ2n) is 7.41. The Morgan fingerprint density at radius 3 is 2.67 bits per heavy atom. The van der Waals surface area contributed by atoms with Crippen molar-refractivity contribution in [3.05, 3.63) is 45.9 Å². The topological polar surface area (TPSA) is 132 Å². The zero-order valence-corrected chi connectivity index (χ0v) is 19.2. The second kappa shape index (κ2) is 9.80. The number of halogens is 2. The lowest BCUT2D eigenvalue weighted by molar-refractivity contribution is -0.131. The number of anilines is 1. The summed E-state index contributed by atoms with van der Waals surface area (Å²) in [7, 11) is -3.36. The number of nitrogens with zero attached hydrogens (tertiary/aromatic N) is 3. The standard InChI is InChI=1S/C20H21F2N5O4S2/c1-2-33(30,31)26-14-5-3-13(4-6-14)7-17-25-16(11-32-17)19(29)24-10-18(28)27-12-20(21,22)8-15(27)9-23/h3-6,11,15,26H,2,7-8,10,12H2,1H3,(H,24,29)/t15-/m0/s1. The van der Waals surface area contributed by atoms with Gasteiger partial charge in [0.2, 0.25) is 15.9 Å². The van der Waals surface area contributed by atoms with Gasteiger partial charge in [0.1, 0.15) is 11.7 Å². The molecule has 33 heavy (non-hydrogen) atoms. The molecule has 2 amide bonds. The van der Waals surface area contributed by atoms with Crippen molar-refractivity contribution < 1.29 is 26.8 Å². The van der Waals surface area contributed by atoms with Crippen LogP contribution in [0.3, 0.4) is 0 Å². The summed E-state index contributed by atoms with van der Waals surface area (Å²) >= 11 is 1.23. The molecule has 0 bridgehead atoms. The van der Waals surface area contributed by atoms with E-state index in [-0.39, 0.29) is 11.4 Å². The highest BCUT2D eigenvalue weighted by molar-refractivity contribution is 7.92. The van der Waals surface area contributed by atoms with E-state index < -0.39 is 53.3 Å². The van der Waals surface area contributed by atoms with Crippen molar-refractivity contribution in [3.8, 4) is 6.07 Å². The van der Waals surface area contributed by atoms with Gasteiger partial charge in [-0.2, -0.15) is 5.26 Å². The lowest BCUT2D eigenvalue weighted by Gasteiger charge is -2.19. The van der Waals surface area contributed by atoms with Gasteiger partial charge in [-0.25, -0.2) is 22.2 Å². The minimum Gasteiger partial charge on any atom is -0.342 e. The maximum absolute atomic E-state index is 13.5. The van der Waals surface area contributed by atoms with Gasteiger partial charge in [0.05, 0.1) is 29.9 Å². The Kier molecular flexibility index (Phi) is 7.28. The van der Waals surface area contributed by atoms with Crippen LogP contribution in [-0.4, -0.2) is 60.9 Å². The SMILES string of the molecule is CCS(=O)(=O)Nc1ccc(Cc2nc(C(=O)NCC(=O)N3CC(F)(F)C[C@H]3C#N)cs2)cc1. The van der Waals surface area contributed by atoms with Crippen molar-refractivity contribution in [2.45, 2.75) is 31.7 Å². The predicted octanol–water partition coefficient (Wildman–Crippen LogP) is 1.99. The fraction of sp³-hybridized carbons (Fsp3) is 0.400. The fourth-order valence-corrected chi connectivity index (χ4v) is 4.60. The predicted molar refractivity (Wildman–Crippen MR) is 117 cm³/mol. The molecule has 13 heteroatoms. The first-order valence-corrected chi connectivity index (χ1v) is 12.4. The van der Waals surface area contributed by atoms with E-state index in [2.05, 4.69) is 15.0 Å². The van der Waals surface area contributed by atoms with E-state index in [9.17, 15) is 26.8 Å². The van der Waals surface area contributed by atoms with Crippen LogP contribution in [-0.2, 0) is 21.2 Å². The van der Waals surface area contributed by atoms with Crippen LogP contribution in [0.1, 0.15) is 34.4 Å². The lowest BCUT2D eigenvalue weighted by Crippen LogP contribution is -2.43. The van der Waals surface area contributed by atoms with Crippen LogP contribution in [0.5, 0.6) is 0 Å². The van der Waals surface area contributed by atoms with Crippen LogP contribution >= 0.6 is 11.3 Å². The van der Waals surface area contributed by atoms with Crippen molar-refractivity contribution in [1.82, 2.24) is 15.2 Å². The molecule has 176 valence electrons. The van der Waals surface area contributed by atoms with Crippen LogP contribution in [0.15, 0.2) is 29.6 Å². The Labute approximate surface area is 193 Å². The van der Waals surface area contributed by atoms with Crippen LogP contribution < -0.4 is 10.0 Å². The average molecular weight is 498 g/mol. The Morgan fingerprint density at radius 2 is 2.03 bits per heavy atom. The van der Waals surface area contributed by atoms with E-state index >= 15 is 0 Å². The van der Waals surface area contributed by atoms with Crippen molar-refractivity contribution in [2.75, 3.05) is 23.6 Å². The van der Waals surface area contributed by atoms with E-state index in [4.69, 9.17) is 5.26 Å². The number of aromatic nitrogens is 1. The smallest absolute Gasteiger partial charge is 0.271 e. The highest BCUT2D eigenvalue weighted by Crippen LogP contribution is 2.31. The number of alkyl halides is 2. The molecular formula is C20H21F2N5O4S2. The highest BCUT2D eigenvalue weighted by Gasteiger charge is 2.47. The molecule has 2 heterocycles. The number of hydrogen-bond donors (Lipinski definition) is 2. The maximum Gasteiger partial charge on any atom is 0.271 e. The molecule has 1 aliphatic heterocycles. The summed E-state index contributed by atoms with van der Waals surface area (Å²) in [5, 5.41) is 13.5. The zero-order valence-electron chi connectivity index (χ0n) is 17.5. The lowest BCUT2D eigenvalue weighted by atomic mass is 10.1. The minimum atomic E-state index is -3.36. The van der Waals surface area contributed by atoms with E-state index in [1.807, 2.05) is 0 Å². The van der Waals surface area contributed by atoms with Gasteiger partial charge in [-0.15, -0.1) is 11.3 Å². The zero-order chi connectivity index (χ0) is 24.2. The van der Waals surface area contributed by atoms with Gasteiger partial charge in [-0.1, -0.05) is 12.1 Å². The number of amides is 2. The van der Waals surface area contributed by atoms with Crippen molar-refractivity contribution in [1.29, 1.82) is 5.26 Å². The molecule has 9 nitrogen and oxygen atoms in total. The molecule has 0 saturated carbocycles. The van der Waals surface area contributed by atoms with Crippen molar-refractivity contribution in [2.24, 2.45) is 0 Å². The molecule has 1 aromatic carbocycles. The number of sulfonamides is 1. The Balaban J connectivity index is 1.54. The van der Waals surface area contributed by atoms with Crippen molar-refractivity contribution >= 4 is 38.9 Å². The van der Waals surface area contributed by atoms with Gasteiger partial charge in [0, 0.05) is 23.9 Å². The summed E-state index contributed by atoms with van der Waals surface area (Å²) in [4.78, 5) is 29.5. The molecule has 0 spiro atoms. The average Bonchev–Trinajstić information content (AvgIpc) is 3.36. The van der Waals surface area contributed by atoms with Crippen LogP contribution in [0, 0.1) is 11.3 Å². The first kappa shape index (κ1) is 24.5. The molecule has 1 fully saturated rings. The summed E-state index contributed by atoms with van der Waals surface area (Å²) in [6, 6.07) is 7.20. The quantitative estimate of drug-likeness (QED) is 0.573. The summed E-state index contributed by atoms with van der Waals surface area (Å²) in [6.45, 7) is 0.172. The third kappa shape index (κ3) is 6.45. The number of thiazole rings is 1. The van der Waals surface area contributed by atoms with E-state index in [0.29, 0.717) is 17.1 Å². The van der Waals surface area contributed by atoms with E-state index in [1.54, 1.807) is 30.3 Å². The van der Waals surface area contributed by atoms with Gasteiger partial charge in [0.15, 0.2) is 0 Å². The summed E-state index contributed by atoms with van der Waals surface area (Å²) in [5.74, 6) is -4.55. The molecule has 0 unspecified atom stereocenters. The van der Waals surface area contributed by atoms with Crippen LogP contribution in [0.4, 0.5) is 14.5 Å². The van der Waals surface area contributed by atoms with Crippen molar-refractivity contribution in [3.63, 3.8) is 0 Å². The number of carbonyl (C=O) groups excluding carboxylic acids is 2. The molecule has 3 rings (SSSR count). The summed E-state index contributed by atoms with van der Waals surface area (Å²) < 4.78 is 52.6. The van der Waals surface area contributed by atoms with E-state index in [1.165, 1.54) is 23.6 Å². The Bertz CT molecular complexity index is 1180. The number of hydrogen-bond acceptors (Lipinski definition) is 7. The first-order chi connectivity index (χ1) is 15.5. The molecule has 1 aliphatic rings. The molecule has 1 atom stereocenters. The second-order valence-corrected chi connectivity index (χ2v) is 10.4. The number of carbonyl (C=O) groups is 2. The number of rotatable bonds is 8. The van der Waals surface area contributed by atoms with Gasteiger partial charge in [0.25, 0.3) is 11.8 Å². The molecule has 1 aromatic heterocycles. The van der Waals surface area contributed by atoms with Gasteiger partial charge in [-0.3, -0.25) is 14.3 Å². The normalized spacial score (nSPS) is 17.4. The number of benzene rings is 1. The molecular weight excluding hydrogens is 476 g/mol. The van der Waals surface area contributed by atoms with Crippen LogP contribution in [0.2, 0.25) is 0 Å². The van der Waals surface area contributed by atoms with Gasteiger partial charge < -0.3 is 10.2 Å². The summed E-state index contributed by atoms with van der Waals surface area (Å²) in [5.41, 5.74) is 1.38. The Hall–Kier alpha value is -3.11. The van der Waals surface area contributed by atoms with E-state index in [0.717, 1.165) is 10.5 Å². The van der Waals surface area contributed by atoms with Gasteiger partial charge >= 0.3 is 0 Å². The highest BCUT2D eigenvalue weighted by atomic mass is 32.2. The first-order valence-electron chi connectivity index (χ1n) is 9.91.